The van der Waals surface area contributed by atoms with Gasteiger partial charge in [0.05, 0.1) is 18.8 Å². The average molecular weight is 556 g/mol. The number of amides is 2. The molecular weight excluding hydrogens is 523 g/mol. The van der Waals surface area contributed by atoms with Gasteiger partial charge in [0.1, 0.15) is 11.9 Å². The number of nitrogens with one attached hydrogen (secondary N) is 2. The third-order valence-corrected chi connectivity index (χ3v) is 7.43. The molecule has 0 aliphatic carbocycles. The number of aliphatic imine (C=N–C) groups is 1. The second-order valence-corrected chi connectivity index (χ2v) is 10.8. The zero-order valence-corrected chi connectivity index (χ0v) is 21.9. The van der Waals surface area contributed by atoms with Gasteiger partial charge >= 0.3 is 5.97 Å². The second-order valence-electron chi connectivity index (χ2n) is 9.58. The molecule has 2 aliphatic rings. The SMILES string of the molecule is CC(C)C(NC1C=CC(CNC(=O)[C@@H]2SCCN2C(=O)C[C@H](N)Cc2cc(F)c(F)cc2F)=NC1)C(=O)O. The number of nitrogens with zero attached hydrogens (tertiary/aromatic N) is 2. The number of thioether (sulfide) groups is 1. The van der Waals surface area contributed by atoms with Crippen molar-refractivity contribution in [2.24, 2.45) is 16.6 Å². The Hall–Kier alpha value is -2.90. The van der Waals surface area contributed by atoms with Crippen LogP contribution in [0.25, 0.3) is 0 Å². The Morgan fingerprint density at radius 3 is 2.55 bits per heavy atom. The maximum absolute atomic E-state index is 13.9. The molecule has 9 nitrogen and oxygen atoms in total. The number of hydrogen-bond acceptors (Lipinski definition) is 7. The Bertz CT molecular complexity index is 1120. The number of carboxylic acids is 1. The predicted octanol–water partition coefficient (Wildman–Crippen LogP) is 1.46. The lowest BCUT2D eigenvalue weighted by molar-refractivity contribution is -0.140. The van der Waals surface area contributed by atoms with Crippen LogP contribution in [-0.4, -0.2) is 82.4 Å². The maximum Gasteiger partial charge on any atom is 0.320 e. The molecule has 0 aromatic heterocycles. The Morgan fingerprint density at radius 1 is 1.21 bits per heavy atom. The van der Waals surface area contributed by atoms with E-state index in [2.05, 4.69) is 15.6 Å². The monoisotopic (exact) mass is 555 g/mol. The first-order valence-corrected chi connectivity index (χ1v) is 13.3. The van der Waals surface area contributed by atoms with E-state index < -0.39 is 46.8 Å². The molecule has 3 rings (SSSR count). The largest absolute Gasteiger partial charge is 0.480 e. The fourth-order valence-electron chi connectivity index (χ4n) is 4.18. The smallest absolute Gasteiger partial charge is 0.320 e. The quantitative estimate of drug-likeness (QED) is 0.304. The van der Waals surface area contributed by atoms with Crippen molar-refractivity contribution in [1.29, 1.82) is 0 Å². The van der Waals surface area contributed by atoms with E-state index in [1.807, 2.05) is 19.9 Å². The minimum Gasteiger partial charge on any atom is -0.480 e. The number of nitrogens with two attached hydrogens (primary N) is 1. The number of halogens is 3. The molecule has 38 heavy (non-hydrogen) atoms. The third kappa shape index (κ3) is 7.81. The first-order chi connectivity index (χ1) is 18.0. The van der Waals surface area contributed by atoms with Gasteiger partial charge in [0, 0.05) is 36.9 Å². The van der Waals surface area contributed by atoms with E-state index >= 15 is 0 Å². The minimum atomic E-state index is -1.30. The first-order valence-electron chi connectivity index (χ1n) is 12.2. The molecular formula is C25H32F3N5O4S. The van der Waals surface area contributed by atoms with Crippen molar-refractivity contribution >= 4 is 35.3 Å². The fraction of sp³-hybridized carbons (Fsp3) is 0.520. The summed E-state index contributed by atoms with van der Waals surface area (Å²) in [6, 6.07) is -0.617. The summed E-state index contributed by atoms with van der Waals surface area (Å²) in [5, 5.41) is 14.4. The van der Waals surface area contributed by atoms with Crippen molar-refractivity contribution in [3.8, 4) is 0 Å². The van der Waals surface area contributed by atoms with Crippen LogP contribution in [0.2, 0.25) is 0 Å². The highest BCUT2D eigenvalue weighted by Crippen LogP contribution is 2.25. The van der Waals surface area contributed by atoms with Gasteiger partial charge in [0.15, 0.2) is 17.0 Å². The summed E-state index contributed by atoms with van der Waals surface area (Å²) < 4.78 is 40.5. The molecule has 0 radical (unpaired) electrons. The number of aliphatic carboxylic acids is 1. The predicted molar refractivity (Wildman–Crippen MR) is 138 cm³/mol. The van der Waals surface area contributed by atoms with Gasteiger partial charge in [-0.1, -0.05) is 19.9 Å². The number of dihydropyridines is 1. The number of carbonyl (C=O) groups is 3. The van der Waals surface area contributed by atoms with E-state index in [1.165, 1.54) is 16.7 Å². The number of carboxylic acid groups (broad SMARTS) is 1. The van der Waals surface area contributed by atoms with Crippen LogP contribution in [0, 0.1) is 23.4 Å². The van der Waals surface area contributed by atoms with Gasteiger partial charge in [-0.3, -0.25) is 24.7 Å². The molecule has 2 aliphatic heterocycles. The van der Waals surface area contributed by atoms with Crippen LogP contribution in [-0.2, 0) is 20.8 Å². The van der Waals surface area contributed by atoms with E-state index in [9.17, 15) is 32.7 Å². The van der Waals surface area contributed by atoms with Crippen molar-refractivity contribution in [3.63, 3.8) is 0 Å². The molecule has 4 atom stereocenters. The van der Waals surface area contributed by atoms with Crippen LogP contribution in [0.5, 0.6) is 0 Å². The summed E-state index contributed by atoms with van der Waals surface area (Å²) >= 11 is 1.30. The number of carbonyl (C=O) groups excluding carboxylic acids is 2. The van der Waals surface area contributed by atoms with Gasteiger partial charge in [0.2, 0.25) is 5.91 Å². The van der Waals surface area contributed by atoms with E-state index in [-0.39, 0.29) is 42.8 Å². The molecule has 1 saturated heterocycles. The van der Waals surface area contributed by atoms with Gasteiger partial charge < -0.3 is 21.1 Å². The lowest BCUT2D eigenvalue weighted by atomic mass is 10.0. The van der Waals surface area contributed by atoms with Gasteiger partial charge in [-0.15, -0.1) is 11.8 Å². The summed E-state index contributed by atoms with van der Waals surface area (Å²) in [6.45, 7) is 4.44. The van der Waals surface area contributed by atoms with E-state index in [0.717, 1.165) is 6.07 Å². The number of hydrogen-bond donors (Lipinski definition) is 4. The zero-order chi connectivity index (χ0) is 28.0. The highest BCUT2D eigenvalue weighted by atomic mass is 32.2. The van der Waals surface area contributed by atoms with Crippen molar-refractivity contribution < 1.29 is 32.7 Å². The Balaban J connectivity index is 1.48. The van der Waals surface area contributed by atoms with Crippen molar-refractivity contribution in [2.45, 2.75) is 50.2 Å². The molecule has 1 aromatic carbocycles. The lowest BCUT2D eigenvalue weighted by Crippen LogP contribution is -2.48. The summed E-state index contributed by atoms with van der Waals surface area (Å²) in [6.07, 6.45) is 3.17. The first kappa shape index (κ1) is 29.7. The average Bonchev–Trinajstić information content (AvgIpc) is 3.35. The minimum absolute atomic E-state index is 0.0956. The van der Waals surface area contributed by atoms with Crippen LogP contribution in [0.4, 0.5) is 13.2 Å². The van der Waals surface area contributed by atoms with Crippen molar-refractivity contribution in [1.82, 2.24) is 15.5 Å². The van der Waals surface area contributed by atoms with Crippen molar-refractivity contribution in [3.05, 3.63) is 47.3 Å². The number of benzene rings is 1. The Morgan fingerprint density at radius 2 is 1.92 bits per heavy atom. The third-order valence-electron chi connectivity index (χ3n) is 6.23. The van der Waals surface area contributed by atoms with E-state index in [1.54, 1.807) is 6.08 Å². The summed E-state index contributed by atoms with van der Waals surface area (Å²) in [5.41, 5.74) is 6.47. The van der Waals surface area contributed by atoms with Crippen LogP contribution in [0.1, 0.15) is 25.8 Å². The van der Waals surface area contributed by atoms with Crippen LogP contribution < -0.4 is 16.4 Å². The molecule has 13 heteroatoms. The van der Waals surface area contributed by atoms with Gasteiger partial charge in [-0.2, -0.15) is 0 Å². The van der Waals surface area contributed by atoms with E-state index in [4.69, 9.17) is 5.73 Å². The molecule has 2 unspecified atom stereocenters. The maximum atomic E-state index is 13.9. The van der Waals surface area contributed by atoms with Crippen LogP contribution in [0.15, 0.2) is 29.3 Å². The molecule has 208 valence electrons. The molecule has 1 fully saturated rings. The highest BCUT2D eigenvalue weighted by Gasteiger charge is 2.35. The van der Waals surface area contributed by atoms with Crippen LogP contribution >= 0.6 is 11.8 Å². The van der Waals surface area contributed by atoms with Gasteiger partial charge in [0.25, 0.3) is 5.91 Å². The molecule has 0 saturated carbocycles. The second kappa shape index (κ2) is 13.3. The van der Waals surface area contributed by atoms with Crippen LogP contribution in [0.3, 0.4) is 0 Å². The normalized spacial score (nSPS) is 20.8. The van der Waals surface area contributed by atoms with Crippen molar-refractivity contribution in [2.75, 3.05) is 25.4 Å². The Labute approximate surface area is 223 Å². The standard InChI is InChI=1S/C25H32F3N5O4S/c1-13(2)22(25(36)37)32-17-4-3-16(30-12-17)11-31-23(35)24-33(5-6-38-24)21(34)9-15(29)7-14-8-19(27)20(28)10-18(14)26/h3-4,8,10,13,15,17,22,24,32H,5-7,9,11-12,29H2,1-2H3,(H,31,35)(H,36,37)/t15-,17?,22?,24+/m1/s1. The molecule has 2 heterocycles. The molecule has 2 amide bonds. The topological polar surface area (TPSA) is 137 Å². The van der Waals surface area contributed by atoms with Gasteiger partial charge in [-0.05, 0) is 30.0 Å². The molecule has 0 spiro atoms. The Kier molecular flexibility index (Phi) is 10.3. The molecule has 0 bridgehead atoms. The molecule has 5 N–H and O–H groups in total. The number of rotatable bonds is 11. The lowest BCUT2D eigenvalue weighted by Gasteiger charge is -2.25. The van der Waals surface area contributed by atoms with E-state index in [0.29, 0.717) is 30.6 Å². The summed E-state index contributed by atoms with van der Waals surface area (Å²) in [4.78, 5) is 42.8. The highest BCUT2D eigenvalue weighted by molar-refractivity contribution is 8.00. The molecule has 1 aromatic rings. The summed E-state index contributed by atoms with van der Waals surface area (Å²) in [7, 11) is 0. The zero-order valence-electron chi connectivity index (χ0n) is 21.1. The summed E-state index contributed by atoms with van der Waals surface area (Å²) in [5.74, 6) is -4.69. The van der Waals surface area contributed by atoms with Gasteiger partial charge in [-0.25, -0.2) is 13.2 Å². The fourth-order valence-corrected chi connectivity index (χ4v) is 5.35.